The van der Waals surface area contributed by atoms with Crippen molar-refractivity contribution in [2.75, 3.05) is 0 Å². The van der Waals surface area contributed by atoms with Gasteiger partial charge in [-0.25, -0.2) is 0 Å². The van der Waals surface area contributed by atoms with Crippen molar-refractivity contribution in [2.24, 2.45) is 0 Å². The van der Waals surface area contributed by atoms with Crippen LogP contribution in [0.1, 0.15) is 33.1 Å². The zero-order valence-corrected chi connectivity index (χ0v) is 6.95. The fourth-order valence-electron chi connectivity index (χ4n) is 0.797. The van der Waals surface area contributed by atoms with Gasteiger partial charge in [-0.05, 0) is 12.8 Å². The second-order valence-electron chi connectivity index (χ2n) is 1.87. The Hall–Kier alpha value is 0.0200. The van der Waals surface area contributed by atoms with E-state index in [9.17, 15) is 4.79 Å². The van der Waals surface area contributed by atoms with Crippen LogP contribution in [0.25, 0.3) is 0 Å². The predicted octanol–water partition coefficient (Wildman–Crippen LogP) is 2.06. The van der Waals surface area contributed by atoms with Crippen LogP contribution in [0.4, 0.5) is 0 Å². The maximum atomic E-state index is 10.5. The first-order valence-corrected chi connectivity index (χ1v) is 4.03. The second kappa shape index (κ2) is 4.86. The van der Waals surface area contributed by atoms with Crippen LogP contribution in [0.5, 0.6) is 0 Å². The predicted molar refractivity (Wildman–Crippen MR) is 43.0 cm³/mol. The molecule has 1 fully saturated rings. The minimum atomic E-state index is 0.0694. The lowest BCUT2D eigenvalue weighted by molar-refractivity contribution is -0.116. The van der Waals surface area contributed by atoms with Crippen LogP contribution in [0.3, 0.4) is 0 Å². The van der Waals surface area contributed by atoms with E-state index in [1.165, 1.54) is 0 Å². The summed E-state index contributed by atoms with van der Waals surface area (Å²) in [6, 6.07) is 0. The van der Waals surface area contributed by atoms with Crippen molar-refractivity contribution in [3.8, 4) is 0 Å². The SMILES string of the molecule is CC.O=C1CCCC1S. The van der Waals surface area contributed by atoms with Crippen LogP contribution in [-0.2, 0) is 4.79 Å². The molecule has 1 aliphatic carbocycles. The van der Waals surface area contributed by atoms with Crippen LogP contribution in [0.15, 0.2) is 0 Å². The molecule has 54 valence electrons. The first-order valence-electron chi connectivity index (χ1n) is 3.51. The monoisotopic (exact) mass is 146 g/mol. The standard InChI is InChI=1S/C5H8OS.C2H6/c6-4-2-1-3-5(4)7;1-2/h5,7H,1-3H2;1-2H3. The molecular weight excluding hydrogens is 132 g/mol. The molecule has 0 N–H and O–H groups in total. The molecule has 0 aromatic carbocycles. The lowest BCUT2D eigenvalue weighted by Gasteiger charge is -1.90. The summed E-state index contributed by atoms with van der Waals surface area (Å²) < 4.78 is 0. The third-order valence-electron chi connectivity index (χ3n) is 1.27. The molecule has 0 heterocycles. The van der Waals surface area contributed by atoms with Crippen LogP contribution in [0.2, 0.25) is 0 Å². The molecule has 0 spiro atoms. The van der Waals surface area contributed by atoms with Gasteiger partial charge >= 0.3 is 0 Å². The van der Waals surface area contributed by atoms with Gasteiger partial charge in [0.1, 0.15) is 5.78 Å². The van der Waals surface area contributed by atoms with Gasteiger partial charge in [0.25, 0.3) is 0 Å². The van der Waals surface area contributed by atoms with Crippen LogP contribution in [-0.4, -0.2) is 11.0 Å². The van der Waals surface area contributed by atoms with Crippen molar-refractivity contribution in [2.45, 2.75) is 38.4 Å². The highest BCUT2D eigenvalue weighted by Gasteiger charge is 2.19. The van der Waals surface area contributed by atoms with Gasteiger partial charge in [-0.2, -0.15) is 12.6 Å². The van der Waals surface area contributed by atoms with E-state index < -0.39 is 0 Å². The number of rotatable bonds is 0. The van der Waals surface area contributed by atoms with E-state index in [-0.39, 0.29) is 5.25 Å². The van der Waals surface area contributed by atoms with Crippen molar-refractivity contribution >= 4 is 18.4 Å². The summed E-state index contributed by atoms with van der Waals surface area (Å²) in [7, 11) is 0. The first kappa shape index (κ1) is 9.02. The maximum absolute atomic E-state index is 10.5. The fourth-order valence-corrected chi connectivity index (χ4v) is 1.11. The molecule has 0 saturated heterocycles. The normalized spacial score (nSPS) is 25.2. The molecule has 0 aliphatic heterocycles. The lowest BCUT2D eigenvalue weighted by Crippen LogP contribution is -2.02. The van der Waals surface area contributed by atoms with Gasteiger partial charge in [-0.15, -0.1) is 0 Å². The zero-order chi connectivity index (χ0) is 7.28. The van der Waals surface area contributed by atoms with Gasteiger partial charge in [0.2, 0.25) is 0 Å². The molecule has 1 atom stereocenters. The molecule has 2 heteroatoms. The molecule has 1 nitrogen and oxygen atoms in total. The van der Waals surface area contributed by atoms with E-state index in [1.807, 2.05) is 13.8 Å². The van der Waals surface area contributed by atoms with Gasteiger partial charge in [-0.3, -0.25) is 4.79 Å². The van der Waals surface area contributed by atoms with Gasteiger partial charge in [0, 0.05) is 6.42 Å². The fraction of sp³-hybridized carbons (Fsp3) is 0.857. The quantitative estimate of drug-likeness (QED) is 0.518. The highest BCUT2D eigenvalue weighted by atomic mass is 32.1. The largest absolute Gasteiger partial charge is 0.298 e. The number of thiol groups is 1. The Morgan fingerprint density at radius 3 is 2.22 bits per heavy atom. The van der Waals surface area contributed by atoms with E-state index in [2.05, 4.69) is 12.6 Å². The number of Topliss-reactive ketones (excluding diaryl/α,β-unsaturated/α-hetero) is 1. The van der Waals surface area contributed by atoms with Crippen molar-refractivity contribution < 1.29 is 4.79 Å². The average Bonchev–Trinajstić information content (AvgIpc) is 2.23. The lowest BCUT2D eigenvalue weighted by atomic mass is 10.3. The van der Waals surface area contributed by atoms with Crippen molar-refractivity contribution in [3.05, 3.63) is 0 Å². The summed E-state index contributed by atoms with van der Waals surface area (Å²) in [5.74, 6) is 0.323. The molecule has 0 bridgehead atoms. The smallest absolute Gasteiger partial charge is 0.145 e. The zero-order valence-electron chi connectivity index (χ0n) is 6.05. The Labute approximate surface area is 62.2 Å². The number of ketones is 1. The maximum Gasteiger partial charge on any atom is 0.145 e. The molecule has 1 rings (SSSR count). The molecule has 1 aliphatic rings. The Morgan fingerprint density at radius 1 is 1.56 bits per heavy atom. The Bertz CT molecular complexity index is 90.9. The van der Waals surface area contributed by atoms with E-state index >= 15 is 0 Å². The van der Waals surface area contributed by atoms with Gasteiger partial charge in [0.05, 0.1) is 5.25 Å². The van der Waals surface area contributed by atoms with Crippen LogP contribution < -0.4 is 0 Å². The molecule has 0 radical (unpaired) electrons. The molecular formula is C7H14OS. The summed E-state index contributed by atoms with van der Waals surface area (Å²) in [5, 5.41) is 0.0694. The van der Waals surface area contributed by atoms with E-state index in [1.54, 1.807) is 0 Å². The van der Waals surface area contributed by atoms with Gasteiger partial charge in [0.15, 0.2) is 0 Å². The topological polar surface area (TPSA) is 17.1 Å². The minimum Gasteiger partial charge on any atom is -0.298 e. The Morgan fingerprint density at radius 2 is 2.11 bits per heavy atom. The highest BCUT2D eigenvalue weighted by molar-refractivity contribution is 7.81. The van der Waals surface area contributed by atoms with Crippen LogP contribution in [0, 0.1) is 0 Å². The van der Waals surface area contributed by atoms with Gasteiger partial charge < -0.3 is 0 Å². The molecule has 1 saturated carbocycles. The first-order chi connectivity index (χ1) is 4.30. The summed E-state index contributed by atoms with van der Waals surface area (Å²) in [5.41, 5.74) is 0. The average molecular weight is 146 g/mol. The number of hydrogen-bond acceptors (Lipinski definition) is 2. The Kier molecular flexibility index (Phi) is 4.87. The van der Waals surface area contributed by atoms with Crippen molar-refractivity contribution in [1.82, 2.24) is 0 Å². The summed E-state index contributed by atoms with van der Waals surface area (Å²) in [6.07, 6.45) is 2.79. The number of carbonyl (C=O) groups excluding carboxylic acids is 1. The Balaban J connectivity index is 0.000000291. The number of carbonyl (C=O) groups is 1. The molecule has 0 aromatic rings. The molecule has 1 unspecified atom stereocenters. The second-order valence-corrected chi connectivity index (χ2v) is 2.50. The van der Waals surface area contributed by atoms with Gasteiger partial charge in [-0.1, -0.05) is 13.8 Å². The summed E-state index contributed by atoms with van der Waals surface area (Å²) in [6.45, 7) is 4.00. The third kappa shape index (κ3) is 2.89. The van der Waals surface area contributed by atoms with Crippen molar-refractivity contribution in [1.29, 1.82) is 0 Å². The number of hydrogen-bond donors (Lipinski definition) is 1. The van der Waals surface area contributed by atoms with E-state index in [4.69, 9.17) is 0 Å². The summed E-state index contributed by atoms with van der Waals surface area (Å²) in [4.78, 5) is 10.5. The minimum absolute atomic E-state index is 0.0694. The van der Waals surface area contributed by atoms with Crippen LogP contribution >= 0.6 is 12.6 Å². The molecule has 0 amide bonds. The van der Waals surface area contributed by atoms with E-state index in [0.717, 1.165) is 19.3 Å². The molecule has 9 heavy (non-hydrogen) atoms. The molecule has 0 aromatic heterocycles. The highest BCUT2D eigenvalue weighted by Crippen LogP contribution is 2.18. The van der Waals surface area contributed by atoms with Crippen molar-refractivity contribution in [3.63, 3.8) is 0 Å². The third-order valence-corrected chi connectivity index (χ3v) is 1.82. The van der Waals surface area contributed by atoms with E-state index in [0.29, 0.717) is 5.78 Å². The summed E-state index contributed by atoms with van der Waals surface area (Å²) >= 11 is 4.04.